The van der Waals surface area contributed by atoms with Crippen molar-refractivity contribution in [2.75, 3.05) is 46.5 Å². The lowest BCUT2D eigenvalue weighted by Crippen LogP contribution is -2.38. The molecule has 220 valence electrons. The zero-order valence-corrected chi connectivity index (χ0v) is 22.5. The topological polar surface area (TPSA) is 67.8 Å². The molecule has 0 aliphatic carbocycles. The summed E-state index contributed by atoms with van der Waals surface area (Å²) < 4.78 is 90.9. The minimum Gasteiger partial charge on any atom is -0.462 e. The lowest BCUT2D eigenvalue weighted by molar-refractivity contribution is -0.143. The molecule has 1 aliphatic rings. The van der Waals surface area contributed by atoms with Gasteiger partial charge in [0.05, 0.1) is 35.6 Å². The first kappa shape index (κ1) is 30.5. The lowest BCUT2D eigenvalue weighted by atomic mass is 10.0. The summed E-state index contributed by atoms with van der Waals surface area (Å²) >= 11 is 6.37. The molecule has 0 bridgehead atoms. The van der Waals surface area contributed by atoms with Gasteiger partial charge >= 0.3 is 18.4 Å². The number of halogens is 7. The third-order valence-electron chi connectivity index (χ3n) is 6.28. The molecule has 1 amide bonds. The van der Waals surface area contributed by atoms with Gasteiger partial charge in [-0.05, 0) is 29.8 Å². The van der Waals surface area contributed by atoms with Gasteiger partial charge in [0.15, 0.2) is 0 Å². The SMILES string of the molecule is CN(Cc1cc(C(F)(F)F)cc(C(F)(F)F)c1)C(=O)c1cnc(OCCN2CCOCC2)nc1-c1ccccc1Cl. The van der Waals surface area contributed by atoms with E-state index in [9.17, 15) is 31.1 Å². The van der Waals surface area contributed by atoms with E-state index < -0.39 is 35.9 Å². The predicted molar refractivity (Wildman–Crippen MR) is 137 cm³/mol. The number of hydrogen-bond donors (Lipinski definition) is 0. The fourth-order valence-electron chi connectivity index (χ4n) is 4.20. The second-order valence-electron chi connectivity index (χ2n) is 9.27. The van der Waals surface area contributed by atoms with Crippen LogP contribution in [0.4, 0.5) is 26.3 Å². The van der Waals surface area contributed by atoms with E-state index in [-0.39, 0.29) is 40.5 Å². The van der Waals surface area contributed by atoms with Crippen molar-refractivity contribution in [3.05, 3.63) is 75.9 Å². The second-order valence-corrected chi connectivity index (χ2v) is 9.68. The Morgan fingerprint density at radius 3 is 2.29 bits per heavy atom. The maximum absolute atomic E-state index is 13.4. The fraction of sp³-hybridized carbons (Fsp3) is 0.370. The van der Waals surface area contributed by atoms with E-state index >= 15 is 0 Å². The van der Waals surface area contributed by atoms with Crippen LogP contribution in [0.5, 0.6) is 6.01 Å². The van der Waals surface area contributed by atoms with Gasteiger partial charge in [-0.3, -0.25) is 9.69 Å². The molecule has 7 nitrogen and oxygen atoms in total. The Hall–Kier alpha value is -3.42. The normalized spacial score (nSPS) is 14.6. The largest absolute Gasteiger partial charge is 0.462 e. The Morgan fingerprint density at radius 2 is 1.68 bits per heavy atom. The van der Waals surface area contributed by atoms with Crippen LogP contribution < -0.4 is 4.74 Å². The molecule has 1 saturated heterocycles. The molecule has 1 aliphatic heterocycles. The molecule has 0 unspecified atom stereocenters. The monoisotopic (exact) mass is 602 g/mol. The molecule has 3 aromatic rings. The molecule has 1 aromatic heterocycles. The van der Waals surface area contributed by atoms with Crippen LogP contribution in [0, 0.1) is 0 Å². The molecule has 0 spiro atoms. The fourth-order valence-corrected chi connectivity index (χ4v) is 4.43. The number of hydrogen-bond acceptors (Lipinski definition) is 6. The van der Waals surface area contributed by atoms with Crippen LogP contribution in [0.15, 0.2) is 48.7 Å². The van der Waals surface area contributed by atoms with Gasteiger partial charge in [-0.25, -0.2) is 4.98 Å². The Bertz CT molecular complexity index is 1350. The zero-order valence-electron chi connectivity index (χ0n) is 21.7. The van der Waals surface area contributed by atoms with Crippen LogP contribution in [0.25, 0.3) is 11.3 Å². The molecule has 0 radical (unpaired) electrons. The van der Waals surface area contributed by atoms with Gasteiger partial charge in [0, 0.05) is 50.0 Å². The Kier molecular flexibility index (Phi) is 9.40. The van der Waals surface area contributed by atoms with E-state index in [0.717, 1.165) is 18.0 Å². The highest BCUT2D eigenvalue weighted by atomic mass is 35.5. The first-order chi connectivity index (χ1) is 19.3. The molecule has 1 fully saturated rings. The average molecular weight is 603 g/mol. The minimum atomic E-state index is -5.01. The first-order valence-corrected chi connectivity index (χ1v) is 12.8. The van der Waals surface area contributed by atoms with Crippen molar-refractivity contribution in [3.63, 3.8) is 0 Å². The molecule has 0 N–H and O–H groups in total. The lowest BCUT2D eigenvalue weighted by Gasteiger charge is -2.26. The summed E-state index contributed by atoms with van der Waals surface area (Å²) in [7, 11) is 1.25. The molecule has 2 aromatic carbocycles. The number of nitrogens with zero attached hydrogens (tertiary/aromatic N) is 4. The molecule has 0 atom stereocenters. The minimum absolute atomic E-state index is 0.0277. The van der Waals surface area contributed by atoms with Crippen molar-refractivity contribution >= 4 is 17.5 Å². The highest BCUT2D eigenvalue weighted by Gasteiger charge is 2.37. The summed E-state index contributed by atoms with van der Waals surface area (Å²) in [5, 5.41) is 0.259. The van der Waals surface area contributed by atoms with Crippen LogP contribution in [0.1, 0.15) is 27.0 Å². The van der Waals surface area contributed by atoms with Crippen molar-refractivity contribution in [3.8, 4) is 17.3 Å². The number of alkyl halides is 6. The third kappa shape index (κ3) is 7.86. The summed E-state index contributed by atoms with van der Waals surface area (Å²) in [5.74, 6) is -0.745. The van der Waals surface area contributed by atoms with E-state index in [1.165, 1.54) is 13.2 Å². The standard InChI is InChI=1S/C27H25ClF6N4O3/c1-37(16-17-12-18(26(29,30)31)14-19(13-17)27(32,33)34)24(39)21-15-35-25(41-11-8-38-6-9-40-10-7-38)36-23(21)20-4-2-3-5-22(20)28/h2-5,12-15H,6-11,16H2,1H3. The van der Waals surface area contributed by atoms with Gasteiger partial charge < -0.3 is 14.4 Å². The molecule has 14 heteroatoms. The van der Waals surface area contributed by atoms with Crippen LogP contribution in [0.2, 0.25) is 5.02 Å². The first-order valence-electron chi connectivity index (χ1n) is 12.4. The molecule has 41 heavy (non-hydrogen) atoms. The van der Waals surface area contributed by atoms with Gasteiger partial charge in [0.1, 0.15) is 6.61 Å². The smallest absolute Gasteiger partial charge is 0.416 e. The predicted octanol–water partition coefficient (Wildman–Crippen LogP) is 5.82. The van der Waals surface area contributed by atoms with E-state index in [2.05, 4.69) is 14.9 Å². The van der Waals surface area contributed by atoms with Crippen LogP contribution in [-0.4, -0.2) is 72.2 Å². The third-order valence-corrected chi connectivity index (χ3v) is 6.61. The summed E-state index contributed by atoms with van der Waals surface area (Å²) in [5.41, 5.74) is -2.90. The summed E-state index contributed by atoms with van der Waals surface area (Å²) in [6, 6.07) is 7.70. The van der Waals surface area contributed by atoms with Crippen molar-refractivity contribution in [2.45, 2.75) is 18.9 Å². The number of carbonyl (C=O) groups excluding carboxylic acids is 1. The van der Waals surface area contributed by atoms with Gasteiger partial charge in [0.2, 0.25) is 0 Å². The molecular formula is C27H25ClF6N4O3. The quantitative estimate of drug-likeness (QED) is 0.303. The van der Waals surface area contributed by atoms with Gasteiger partial charge in [-0.2, -0.15) is 31.3 Å². The van der Waals surface area contributed by atoms with Gasteiger partial charge in [-0.15, -0.1) is 0 Å². The Labute approximate surface area is 236 Å². The molecular weight excluding hydrogens is 578 g/mol. The van der Waals surface area contributed by atoms with Gasteiger partial charge in [0.25, 0.3) is 5.91 Å². The second kappa shape index (κ2) is 12.6. The number of ether oxygens (including phenoxy) is 2. The van der Waals surface area contributed by atoms with E-state index in [0.29, 0.717) is 37.5 Å². The van der Waals surface area contributed by atoms with Crippen molar-refractivity contribution in [2.24, 2.45) is 0 Å². The number of amides is 1. The van der Waals surface area contributed by atoms with Crippen molar-refractivity contribution in [1.82, 2.24) is 19.8 Å². The summed E-state index contributed by atoms with van der Waals surface area (Å²) in [6.07, 6.45) is -8.83. The average Bonchev–Trinajstić information content (AvgIpc) is 2.92. The Balaban J connectivity index is 1.60. The maximum Gasteiger partial charge on any atom is 0.416 e. The molecule has 2 heterocycles. The highest BCUT2D eigenvalue weighted by molar-refractivity contribution is 6.33. The highest BCUT2D eigenvalue weighted by Crippen LogP contribution is 2.37. The number of aromatic nitrogens is 2. The molecule has 4 rings (SSSR count). The summed E-state index contributed by atoms with van der Waals surface area (Å²) in [4.78, 5) is 25.1. The number of benzene rings is 2. The maximum atomic E-state index is 13.4. The number of carbonyl (C=O) groups is 1. The van der Waals surface area contributed by atoms with E-state index in [1.807, 2.05) is 0 Å². The number of morpholine rings is 1. The zero-order chi connectivity index (χ0) is 29.8. The van der Waals surface area contributed by atoms with Gasteiger partial charge in [-0.1, -0.05) is 29.8 Å². The van der Waals surface area contributed by atoms with E-state index in [1.54, 1.807) is 24.3 Å². The number of rotatable bonds is 8. The van der Waals surface area contributed by atoms with Crippen LogP contribution in [0.3, 0.4) is 0 Å². The Morgan fingerprint density at radius 1 is 1.05 bits per heavy atom. The van der Waals surface area contributed by atoms with E-state index in [4.69, 9.17) is 21.1 Å². The van der Waals surface area contributed by atoms with Crippen LogP contribution >= 0.6 is 11.6 Å². The van der Waals surface area contributed by atoms with Crippen molar-refractivity contribution in [1.29, 1.82) is 0 Å². The van der Waals surface area contributed by atoms with Crippen molar-refractivity contribution < 1.29 is 40.6 Å². The summed E-state index contributed by atoms with van der Waals surface area (Å²) in [6.45, 7) is 3.05. The molecule has 0 saturated carbocycles. The van der Waals surface area contributed by atoms with Crippen LogP contribution in [-0.2, 0) is 23.6 Å².